The third-order valence-electron chi connectivity index (χ3n) is 6.11. The number of amides is 1. The van der Waals surface area contributed by atoms with Gasteiger partial charge in [-0.1, -0.05) is 77.2 Å². The van der Waals surface area contributed by atoms with Crippen molar-refractivity contribution in [2.75, 3.05) is 26.2 Å². The number of likely N-dealkylation sites (N-methyl/N-ethyl adjacent to an activating group) is 1. The molecule has 28 heavy (non-hydrogen) atoms. The van der Waals surface area contributed by atoms with E-state index in [1.165, 1.54) is 77.0 Å². The molecule has 1 amide bonds. The van der Waals surface area contributed by atoms with Crippen molar-refractivity contribution in [2.24, 2.45) is 4.99 Å². The van der Waals surface area contributed by atoms with E-state index >= 15 is 0 Å². The molecular formula is C24H46N3O+. The van der Waals surface area contributed by atoms with E-state index in [0.29, 0.717) is 0 Å². The van der Waals surface area contributed by atoms with Gasteiger partial charge in [-0.15, -0.1) is 0 Å². The monoisotopic (exact) mass is 392 g/mol. The Bertz CT molecular complexity index is 461. The Balaban J connectivity index is 2.10. The molecule has 0 spiro atoms. The summed E-state index contributed by atoms with van der Waals surface area (Å²) < 4.78 is 0.940. The molecule has 0 saturated heterocycles. The molecule has 0 aromatic carbocycles. The molecule has 0 radical (unpaired) electrons. The number of rotatable bonds is 17. The number of hydrogen-bond donors (Lipinski definition) is 1. The molecule has 2 unspecified atom stereocenters. The molecule has 1 heterocycles. The van der Waals surface area contributed by atoms with Gasteiger partial charge in [0.15, 0.2) is 0 Å². The SMILES string of the molecule is CCCCCCCCCCCCC/C=C/C1N=CC[N+]1(CC)CCNC(C)=O. The third-order valence-corrected chi connectivity index (χ3v) is 6.11. The highest BCUT2D eigenvalue weighted by Crippen LogP contribution is 2.20. The van der Waals surface area contributed by atoms with Crippen LogP contribution in [0.2, 0.25) is 0 Å². The van der Waals surface area contributed by atoms with Gasteiger partial charge in [-0.25, -0.2) is 4.99 Å². The molecule has 0 aromatic heterocycles. The molecule has 0 saturated carbocycles. The minimum absolute atomic E-state index is 0.0537. The molecular weight excluding hydrogens is 346 g/mol. The van der Waals surface area contributed by atoms with Gasteiger partial charge >= 0.3 is 0 Å². The largest absolute Gasteiger partial charge is 0.351 e. The lowest BCUT2D eigenvalue weighted by Gasteiger charge is -2.36. The molecule has 0 aliphatic carbocycles. The fourth-order valence-electron chi connectivity index (χ4n) is 4.10. The zero-order valence-corrected chi connectivity index (χ0v) is 18.9. The third kappa shape index (κ3) is 10.4. The quantitative estimate of drug-likeness (QED) is 0.195. The predicted molar refractivity (Wildman–Crippen MR) is 122 cm³/mol. The van der Waals surface area contributed by atoms with Gasteiger partial charge in [0, 0.05) is 6.92 Å². The Kier molecular flexibility index (Phi) is 14.0. The molecule has 0 fully saturated rings. The highest BCUT2D eigenvalue weighted by atomic mass is 16.1. The normalized spacial score (nSPS) is 21.6. The minimum Gasteiger partial charge on any atom is -0.351 e. The van der Waals surface area contributed by atoms with Crippen molar-refractivity contribution in [1.82, 2.24) is 5.32 Å². The first-order chi connectivity index (χ1) is 13.6. The maximum Gasteiger partial charge on any atom is 0.217 e. The molecule has 1 aliphatic rings. The van der Waals surface area contributed by atoms with Crippen LogP contribution in [0.25, 0.3) is 0 Å². The first-order valence-corrected chi connectivity index (χ1v) is 11.9. The van der Waals surface area contributed by atoms with E-state index in [-0.39, 0.29) is 12.1 Å². The molecule has 162 valence electrons. The van der Waals surface area contributed by atoms with Crippen LogP contribution in [-0.2, 0) is 4.79 Å². The van der Waals surface area contributed by atoms with Gasteiger partial charge in [0.2, 0.25) is 12.1 Å². The molecule has 0 aromatic rings. The van der Waals surface area contributed by atoms with Crippen LogP contribution in [-0.4, -0.2) is 48.9 Å². The highest BCUT2D eigenvalue weighted by Gasteiger charge is 2.35. The Morgan fingerprint density at radius 1 is 1.04 bits per heavy atom. The first kappa shape index (κ1) is 24.9. The van der Waals surface area contributed by atoms with Crippen LogP contribution in [0.3, 0.4) is 0 Å². The highest BCUT2D eigenvalue weighted by molar-refractivity contribution is 5.72. The van der Waals surface area contributed by atoms with Gasteiger partial charge in [0.1, 0.15) is 6.54 Å². The second kappa shape index (κ2) is 15.7. The fourth-order valence-corrected chi connectivity index (χ4v) is 4.10. The summed E-state index contributed by atoms with van der Waals surface area (Å²) in [4.78, 5) is 15.8. The topological polar surface area (TPSA) is 41.5 Å². The summed E-state index contributed by atoms with van der Waals surface area (Å²) >= 11 is 0. The van der Waals surface area contributed by atoms with E-state index in [2.05, 4.69) is 37.5 Å². The summed E-state index contributed by atoms with van der Waals surface area (Å²) in [5.41, 5.74) is 0. The molecule has 1 aliphatic heterocycles. The number of unbranched alkanes of at least 4 members (excludes halogenated alkanes) is 11. The Hall–Kier alpha value is -1.16. The van der Waals surface area contributed by atoms with Gasteiger partial charge < -0.3 is 5.32 Å². The standard InChI is InChI=1S/C24H45N3O/c1-4-6-7-8-9-10-11-12-13-14-15-16-17-18-24-26-20-22-27(24,5-2)21-19-25-23(3)28/h17-18,20,24H,4-16,19,21-22H2,1-3H3/p+1/b18-17+. The van der Waals surface area contributed by atoms with Crippen molar-refractivity contribution in [1.29, 1.82) is 0 Å². The van der Waals surface area contributed by atoms with Gasteiger partial charge in [-0.3, -0.25) is 9.28 Å². The van der Waals surface area contributed by atoms with E-state index in [4.69, 9.17) is 4.99 Å². The maximum atomic E-state index is 11.1. The summed E-state index contributed by atoms with van der Waals surface area (Å²) in [5.74, 6) is 0.0537. The lowest BCUT2D eigenvalue weighted by Crippen LogP contribution is -2.54. The number of carbonyl (C=O) groups excluding carboxylic acids is 1. The number of allylic oxidation sites excluding steroid dienone is 1. The maximum absolute atomic E-state index is 11.1. The number of carbonyl (C=O) groups is 1. The van der Waals surface area contributed by atoms with Gasteiger partial charge in [-0.05, 0) is 25.8 Å². The summed E-state index contributed by atoms with van der Waals surface area (Å²) in [6, 6.07) is 0. The van der Waals surface area contributed by atoms with Gasteiger partial charge in [0.25, 0.3) is 0 Å². The zero-order valence-electron chi connectivity index (χ0n) is 18.9. The van der Waals surface area contributed by atoms with Crippen LogP contribution in [0.1, 0.15) is 97.8 Å². The van der Waals surface area contributed by atoms with Crippen LogP contribution >= 0.6 is 0 Å². The van der Waals surface area contributed by atoms with Crippen molar-refractivity contribution >= 4 is 12.1 Å². The van der Waals surface area contributed by atoms with Crippen LogP contribution in [0.15, 0.2) is 17.1 Å². The molecule has 2 atom stereocenters. The van der Waals surface area contributed by atoms with E-state index < -0.39 is 0 Å². The van der Waals surface area contributed by atoms with E-state index in [9.17, 15) is 4.79 Å². The molecule has 4 nitrogen and oxygen atoms in total. The van der Waals surface area contributed by atoms with Crippen LogP contribution in [0, 0.1) is 0 Å². The van der Waals surface area contributed by atoms with E-state index in [0.717, 1.165) is 30.7 Å². The Morgan fingerprint density at radius 3 is 2.21 bits per heavy atom. The summed E-state index contributed by atoms with van der Waals surface area (Å²) in [6.45, 7) is 9.80. The lowest BCUT2D eigenvalue weighted by molar-refractivity contribution is -0.928. The average molecular weight is 393 g/mol. The number of nitrogens with zero attached hydrogens (tertiary/aromatic N) is 2. The lowest BCUT2D eigenvalue weighted by atomic mass is 10.1. The summed E-state index contributed by atoms with van der Waals surface area (Å²) in [6.07, 6.45) is 23.4. The summed E-state index contributed by atoms with van der Waals surface area (Å²) in [7, 11) is 0. The summed E-state index contributed by atoms with van der Waals surface area (Å²) in [5, 5.41) is 2.94. The number of quaternary nitrogens is 1. The van der Waals surface area contributed by atoms with Gasteiger partial charge in [-0.2, -0.15) is 0 Å². The molecule has 1 rings (SSSR count). The minimum atomic E-state index is 0.0537. The second-order valence-corrected chi connectivity index (χ2v) is 8.42. The number of nitrogens with one attached hydrogen (secondary N) is 1. The molecule has 0 bridgehead atoms. The second-order valence-electron chi connectivity index (χ2n) is 8.42. The Labute approximate surface area is 174 Å². The smallest absolute Gasteiger partial charge is 0.217 e. The zero-order chi connectivity index (χ0) is 20.5. The average Bonchev–Trinajstić information content (AvgIpc) is 3.08. The van der Waals surface area contributed by atoms with Crippen molar-refractivity contribution in [2.45, 2.75) is 104 Å². The van der Waals surface area contributed by atoms with Crippen molar-refractivity contribution in [3.8, 4) is 0 Å². The van der Waals surface area contributed by atoms with E-state index in [1.54, 1.807) is 6.92 Å². The van der Waals surface area contributed by atoms with Crippen molar-refractivity contribution in [3.63, 3.8) is 0 Å². The predicted octanol–water partition coefficient (Wildman–Crippen LogP) is 5.63. The molecule has 4 heteroatoms. The van der Waals surface area contributed by atoms with Crippen molar-refractivity contribution < 1.29 is 9.28 Å². The number of hydrogen-bond acceptors (Lipinski definition) is 2. The van der Waals surface area contributed by atoms with E-state index in [1.807, 2.05) is 0 Å². The first-order valence-electron chi connectivity index (χ1n) is 11.9. The fraction of sp³-hybridized carbons (Fsp3) is 0.833. The molecule has 1 N–H and O–H groups in total. The number of aliphatic imine (C=N–C) groups is 1. The van der Waals surface area contributed by atoms with Crippen molar-refractivity contribution in [3.05, 3.63) is 12.2 Å². The van der Waals surface area contributed by atoms with Crippen LogP contribution in [0.4, 0.5) is 0 Å². The van der Waals surface area contributed by atoms with Crippen LogP contribution in [0.5, 0.6) is 0 Å². The Morgan fingerprint density at radius 2 is 1.64 bits per heavy atom. The van der Waals surface area contributed by atoms with Gasteiger partial charge in [0.05, 0.1) is 25.8 Å². The van der Waals surface area contributed by atoms with Crippen LogP contribution < -0.4 is 5.32 Å².